The van der Waals surface area contributed by atoms with Crippen molar-refractivity contribution in [3.8, 4) is 5.75 Å². The monoisotopic (exact) mass is 554 g/mol. The molecule has 0 aromatic heterocycles. The molecule has 11 heteroatoms. The standard InChI is InChI=1S/C28H31ClN4O6/c1-17-4-2-7-23(29)22(17)16-32-28(39)30-13-12-24(27(37)38)33-26(36)20-10-8-19(9-11-20)25(35)31-15-18-5-3-6-21(34)14-18/h2-11,14,24,27,34,37-38H,12-13,15-16H2,1H3,(H,31,35)(H,33,36)(H2,30,32,39). The van der Waals surface area contributed by atoms with Gasteiger partial charge in [0.15, 0.2) is 6.29 Å². The van der Waals surface area contributed by atoms with Crippen molar-refractivity contribution in [2.75, 3.05) is 6.54 Å². The maximum Gasteiger partial charge on any atom is 0.315 e. The fraction of sp³-hybridized carbons (Fsp3) is 0.250. The van der Waals surface area contributed by atoms with E-state index in [0.717, 1.165) is 16.7 Å². The molecular weight excluding hydrogens is 524 g/mol. The third kappa shape index (κ3) is 8.99. The van der Waals surface area contributed by atoms with Gasteiger partial charge >= 0.3 is 6.03 Å². The van der Waals surface area contributed by atoms with E-state index < -0.39 is 24.3 Å². The minimum Gasteiger partial charge on any atom is -0.508 e. The first-order chi connectivity index (χ1) is 18.6. The number of aromatic hydroxyl groups is 1. The summed E-state index contributed by atoms with van der Waals surface area (Å²) in [7, 11) is 0. The summed E-state index contributed by atoms with van der Waals surface area (Å²) in [6, 6.07) is 16.3. The molecule has 0 bridgehead atoms. The van der Waals surface area contributed by atoms with Crippen LogP contribution < -0.4 is 21.3 Å². The van der Waals surface area contributed by atoms with Gasteiger partial charge in [-0.1, -0.05) is 35.9 Å². The third-order valence-electron chi connectivity index (χ3n) is 5.97. The average Bonchev–Trinajstić information content (AvgIpc) is 2.91. The van der Waals surface area contributed by atoms with Crippen LogP contribution in [0.1, 0.15) is 43.8 Å². The summed E-state index contributed by atoms with van der Waals surface area (Å²) in [5.74, 6) is -0.826. The number of benzene rings is 3. The predicted molar refractivity (Wildman–Crippen MR) is 146 cm³/mol. The largest absolute Gasteiger partial charge is 0.508 e. The molecule has 7 N–H and O–H groups in total. The van der Waals surface area contributed by atoms with Crippen molar-refractivity contribution in [1.29, 1.82) is 0 Å². The normalized spacial score (nSPS) is 11.5. The second-order valence-corrected chi connectivity index (χ2v) is 9.26. The van der Waals surface area contributed by atoms with E-state index in [9.17, 15) is 29.7 Å². The number of hydrogen-bond acceptors (Lipinski definition) is 6. The summed E-state index contributed by atoms with van der Waals surface area (Å²) in [5, 5.41) is 40.0. The number of aliphatic hydroxyl groups excluding tert-OH is 1. The first kappa shape index (κ1) is 29.4. The number of urea groups is 1. The van der Waals surface area contributed by atoms with E-state index in [4.69, 9.17) is 11.6 Å². The Kier molecular flexibility index (Phi) is 10.7. The molecular formula is C28H31ClN4O6. The summed E-state index contributed by atoms with van der Waals surface area (Å²) < 4.78 is 0. The molecule has 0 aliphatic rings. The average molecular weight is 555 g/mol. The van der Waals surface area contributed by atoms with Crippen LogP contribution in [0.4, 0.5) is 4.79 Å². The lowest BCUT2D eigenvalue weighted by atomic mass is 10.1. The summed E-state index contributed by atoms with van der Waals surface area (Å²) in [5.41, 5.74) is 3.01. The number of aliphatic hydroxyl groups is 2. The highest BCUT2D eigenvalue weighted by Gasteiger charge is 2.20. The van der Waals surface area contributed by atoms with Crippen molar-refractivity contribution in [2.24, 2.45) is 0 Å². The number of phenols is 1. The second-order valence-electron chi connectivity index (χ2n) is 8.86. The lowest BCUT2D eigenvalue weighted by Gasteiger charge is -2.21. The van der Waals surface area contributed by atoms with Crippen molar-refractivity contribution in [2.45, 2.75) is 38.8 Å². The maximum absolute atomic E-state index is 12.6. The molecule has 0 fully saturated rings. The van der Waals surface area contributed by atoms with Gasteiger partial charge in [-0.25, -0.2) is 4.79 Å². The topological polar surface area (TPSA) is 160 Å². The Balaban J connectivity index is 1.46. The molecule has 10 nitrogen and oxygen atoms in total. The van der Waals surface area contributed by atoms with Crippen molar-refractivity contribution in [3.63, 3.8) is 0 Å². The summed E-state index contributed by atoms with van der Waals surface area (Å²) in [4.78, 5) is 37.2. The van der Waals surface area contributed by atoms with E-state index in [1.165, 1.54) is 30.3 Å². The molecule has 1 unspecified atom stereocenters. The van der Waals surface area contributed by atoms with Gasteiger partial charge in [0, 0.05) is 35.8 Å². The number of rotatable bonds is 11. The number of hydrogen-bond donors (Lipinski definition) is 7. The number of aryl methyl sites for hydroxylation is 1. The lowest BCUT2D eigenvalue weighted by molar-refractivity contribution is -0.0663. The molecule has 39 heavy (non-hydrogen) atoms. The number of halogens is 1. The number of carbonyl (C=O) groups is 3. The fourth-order valence-corrected chi connectivity index (χ4v) is 4.02. The van der Waals surface area contributed by atoms with E-state index in [0.29, 0.717) is 10.6 Å². The van der Waals surface area contributed by atoms with E-state index >= 15 is 0 Å². The van der Waals surface area contributed by atoms with Crippen molar-refractivity contribution >= 4 is 29.4 Å². The number of amides is 4. The molecule has 0 aliphatic carbocycles. The summed E-state index contributed by atoms with van der Waals surface area (Å²) >= 11 is 6.16. The SMILES string of the molecule is Cc1cccc(Cl)c1CNC(=O)NCCC(NC(=O)c1ccc(C(=O)NCc2cccc(O)c2)cc1)C(O)O. The Morgan fingerprint density at radius 2 is 1.51 bits per heavy atom. The second kappa shape index (κ2) is 14.1. The zero-order valence-corrected chi connectivity index (χ0v) is 22.0. The molecule has 206 valence electrons. The highest BCUT2D eigenvalue weighted by molar-refractivity contribution is 6.31. The number of phenolic OH excluding ortho intramolecular Hbond substituents is 1. The fourth-order valence-electron chi connectivity index (χ4n) is 3.73. The van der Waals surface area contributed by atoms with Crippen LogP contribution in [-0.2, 0) is 13.1 Å². The van der Waals surface area contributed by atoms with Crippen LogP contribution in [0.25, 0.3) is 0 Å². The van der Waals surface area contributed by atoms with Crippen molar-refractivity contribution < 1.29 is 29.7 Å². The smallest absolute Gasteiger partial charge is 0.315 e. The van der Waals surface area contributed by atoms with Crippen molar-refractivity contribution in [3.05, 3.63) is 99.6 Å². The van der Waals surface area contributed by atoms with Gasteiger partial charge in [-0.3, -0.25) is 9.59 Å². The van der Waals surface area contributed by atoms with Crippen LogP contribution in [0.5, 0.6) is 5.75 Å². The zero-order chi connectivity index (χ0) is 28.4. The molecule has 0 aliphatic heterocycles. The molecule has 3 aromatic carbocycles. The molecule has 1 atom stereocenters. The summed E-state index contributed by atoms with van der Waals surface area (Å²) in [6.45, 7) is 2.40. The molecule has 0 saturated heterocycles. The molecule has 3 rings (SSSR count). The van der Waals surface area contributed by atoms with Crippen LogP contribution >= 0.6 is 11.6 Å². The van der Waals surface area contributed by atoms with Gasteiger partial charge in [0.25, 0.3) is 11.8 Å². The van der Waals surface area contributed by atoms with Crippen LogP contribution in [0.15, 0.2) is 66.7 Å². The number of nitrogens with one attached hydrogen (secondary N) is 4. The van der Waals surface area contributed by atoms with E-state index in [-0.39, 0.29) is 43.3 Å². The zero-order valence-electron chi connectivity index (χ0n) is 21.3. The van der Waals surface area contributed by atoms with Gasteiger partial charge in [0.2, 0.25) is 0 Å². The van der Waals surface area contributed by atoms with Gasteiger partial charge in [0.1, 0.15) is 5.75 Å². The molecule has 4 amide bonds. The molecule has 0 heterocycles. The quantitative estimate of drug-likeness (QED) is 0.180. The Bertz CT molecular complexity index is 1280. The van der Waals surface area contributed by atoms with Gasteiger partial charge in [-0.05, 0) is 72.5 Å². The predicted octanol–water partition coefficient (Wildman–Crippen LogP) is 2.58. The van der Waals surface area contributed by atoms with Gasteiger partial charge < -0.3 is 36.6 Å². The highest BCUT2D eigenvalue weighted by atomic mass is 35.5. The maximum atomic E-state index is 12.6. The van der Waals surface area contributed by atoms with E-state index in [1.54, 1.807) is 24.3 Å². The van der Waals surface area contributed by atoms with Crippen LogP contribution in [0.2, 0.25) is 5.02 Å². The minimum absolute atomic E-state index is 0.0531. The Morgan fingerprint density at radius 3 is 2.15 bits per heavy atom. The van der Waals surface area contributed by atoms with E-state index in [1.807, 2.05) is 19.1 Å². The van der Waals surface area contributed by atoms with Gasteiger partial charge in [-0.15, -0.1) is 0 Å². The van der Waals surface area contributed by atoms with Crippen LogP contribution in [0, 0.1) is 6.92 Å². The van der Waals surface area contributed by atoms with Crippen LogP contribution in [-0.4, -0.2) is 52.0 Å². The Morgan fingerprint density at radius 1 is 0.846 bits per heavy atom. The van der Waals surface area contributed by atoms with Crippen molar-refractivity contribution in [1.82, 2.24) is 21.3 Å². The lowest BCUT2D eigenvalue weighted by Crippen LogP contribution is -2.46. The molecule has 0 radical (unpaired) electrons. The molecule has 0 spiro atoms. The van der Waals surface area contributed by atoms with Crippen LogP contribution in [0.3, 0.4) is 0 Å². The van der Waals surface area contributed by atoms with E-state index in [2.05, 4.69) is 21.3 Å². The summed E-state index contributed by atoms with van der Waals surface area (Å²) in [6.07, 6.45) is -1.80. The molecule has 3 aromatic rings. The minimum atomic E-state index is -1.85. The third-order valence-corrected chi connectivity index (χ3v) is 6.32. The molecule has 0 saturated carbocycles. The van der Waals surface area contributed by atoms with Gasteiger partial charge in [0.05, 0.1) is 6.04 Å². The highest BCUT2D eigenvalue weighted by Crippen LogP contribution is 2.19. The first-order valence-electron chi connectivity index (χ1n) is 12.2. The first-order valence-corrected chi connectivity index (χ1v) is 12.6. The van der Waals surface area contributed by atoms with Gasteiger partial charge in [-0.2, -0.15) is 0 Å². The Labute approximate surface area is 231 Å². The number of carbonyl (C=O) groups excluding carboxylic acids is 3. The Hall–Kier alpha value is -4.12.